The molecule has 1 heterocycles. The number of carbonyl (C=O) groups excluding carboxylic acids is 1. The summed E-state index contributed by atoms with van der Waals surface area (Å²) >= 11 is 0. The van der Waals surface area contributed by atoms with Crippen molar-refractivity contribution in [3.8, 4) is 0 Å². The molecule has 1 rings (SSSR count). The van der Waals surface area contributed by atoms with Gasteiger partial charge in [0.25, 0.3) is 0 Å². The average molecular weight is 139 g/mol. The average Bonchev–Trinajstić information content (AvgIpc) is 2.33. The Labute approximate surface area is 61.5 Å². The van der Waals surface area contributed by atoms with Crippen molar-refractivity contribution in [1.82, 2.24) is 4.90 Å². The van der Waals surface area contributed by atoms with E-state index in [9.17, 15) is 4.79 Å². The quantitative estimate of drug-likeness (QED) is 0.535. The minimum absolute atomic E-state index is 0.109. The molecular weight excluding hydrogens is 126 g/mol. The van der Waals surface area contributed by atoms with Crippen LogP contribution in [-0.2, 0) is 4.79 Å². The maximum Gasteiger partial charge on any atom is 0.142 e. The molecule has 2 heteroatoms. The van der Waals surface area contributed by atoms with E-state index in [1.807, 2.05) is 6.92 Å². The molecule has 0 aromatic heterocycles. The highest BCUT2D eigenvalue weighted by Crippen LogP contribution is 2.18. The summed E-state index contributed by atoms with van der Waals surface area (Å²) in [6.45, 7) is 6.75. The van der Waals surface area contributed by atoms with Crippen LogP contribution in [0.2, 0.25) is 0 Å². The van der Waals surface area contributed by atoms with Crippen molar-refractivity contribution in [2.75, 3.05) is 6.54 Å². The number of nitrogens with zero attached hydrogens (tertiary/aromatic N) is 1. The number of likely N-dealkylation sites (tertiary alicyclic amines) is 1. The summed E-state index contributed by atoms with van der Waals surface area (Å²) in [5.41, 5.74) is 1.01. The molecule has 0 aliphatic carbocycles. The molecule has 1 atom stereocenters. The zero-order valence-electron chi connectivity index (χ0n) is 6.34. The van der Waals surface area contributed by atoms with E-state index in [1.54, 1.807) is 0 Å². The van der Waals surface area contributed by atoms with Crippen molar-refractivity contribution >= 4 is 6.29 Å². The minimum atomic E-state index is 0.109. The van der Waals surface area contributed by atoms with E-state index in [4.69, 9.17) is 0 Å². The monoisotopic (exact) mass is 139 g/mol. The van der Waals surface area contributed by atoms with Crippen LogP contribution in [0, 0.1) is 0 Å². The lowest BCUT2D eigenvalue weighted by molar-refractivity contribution is -0.111. The Morgan fingerprint density at radius 2 is 2.50 bits per heavy atom. The van der Waals surface area contributed by atoms with E-state index >= 15 is 0 Å². The van der Waals surface area contributed by atoms with Gasteiger partial charge in [-0.15, -0.1) is 0 Å². The van der Waals surface area contributed by atoms with Gasteiger partial charge in [0, 0.05) is 12.2 Å². The molecule has 10 heavy (non-hydrogen) atoms. The van der Waals surface area contributed by atoms with Crippen LogP contribution < -0.4 is 0 Å². The first-order valence-electron chi connectivity index (χ1n) is 3.63. The van der Waals surface area contributed by atoms with Gasteiger partial charge in [-0.25, -0.2) is 0 Å². The van der Waals surface area contributed by atoms with Crippen LogP contribution >= 0.6 is 0 Å². The molecule has 1 saturated heterocycles. The van der Waals surface area contributed by atoms with Crippen LogP contribution in [0.4, 0.5) is 0 Å². The number of allylic oxidation sites excluding steroid dienone is 1. The summed E-state index contributed by atoms with van der Waals surface area (Å²) in [5, 5.41) is 0. The Bertz CT molecular complexity index is 153. The maximum atomic E-state index is 10.4. The van der Waals surface area contributed by atoms with Gasteiger partial charge in [0.15, 0.2) is 0 Å². The lowest BCUT2D eigenvalue weighted by Crippen LogP contribution is -2.28. The van der Waals surface area contributed by atoms with Gasteiger partial charge in [0.1, 0.15) is 6.29 Å². The minimum Gasteiger partial charge on any atom is -0.366 e. The van der Waals surface area contributed by atoms with E-state index < -0.39 is 0 Å². The molecule has 0 aromatic rings. The highest BCUT2D eigenvalue weighted by atomic mass is 16.1. The molecule has 0 saturated carbocycles. The van der Waals surface area contributed by atoms with Gasteiger partial charge in [-0.1, -0.05) is 6.58 Å². The Kier molecular flexibility index (Phi) is 2.10. The van der Waals surface area contributed by atoms with E-state index in [1.165, 1.54) is 0 Å². The fraction of sp³-hybridized carbons (Fsp3) is 0.625. The third-order valence-corrected chi connectivity index (χ3v) is 1.95. The van der Waals surface area contributed by atoms with Crippen LogP contribution in [0.3, 0.4) is 0 Å². The van der Waals surface area contributed by atoms with E-state index in [2.05, 4.69) is 11.5 Å². The first-order valence-corrected chi connectivity index (χ1v) is 3.63. The fourth-order valence-corrected chi connectivity index (χ4v) is 1.41. The zero-order chi connectivity index (χ0) is 7.56. The Morgan fingerprint density at radius 1 is 1.80 bits per heavy atom. The number of rotatable bonds is 2. The second-order valence-electron chi connectivity index (χ2n) is 2.77. The molecule has 2 nitrogen and oxygen atoms in total. The van der Waals surface area contributed by atoms with Gasteiger partial charge >= 0.3 is 0 Å². The molecular formula is C8H13NO. The van der Waals surface area contributed by atoms with Crippen LogP contribution in [0.15, 0.2) is 12.3 Å². The van der Waals surface area contributed by atoms with Gasteiger partial charge in [-0.2, -0.15) is 0 Å². The summed E-state index contributed by atoms with van der Waals surface area (Å²) in [5.74, 6) is 0. The van der Waals surface area contributed by atoms with Gasteiger partial charge in [-0.05, 0) is 19.8 Å². The van der Waals surface area contributed by atoms with E-state index in [-0.39, 0.29) is 6.04 Å². The van der Waals surface area contributed by atoms with Crippen molar-refractivity contribution in [2.45, 2.75) is 25.8 Å². The lowest BCUT2D eigenvalue weighted by Gasteiger charge is -2.21. The summed E-state index contributed by atoms with van der Waals surface area (Å²) in [6.07, 6.45) is 3.13. The Hall–Kier alpha value is -0.790. The summed E-state index contributed by atoms with van der Waals surface area (Å²) in [6, 6.07) is 0.109. The Balaban J connectivity index is 2.58. The smallest absolute Gasteiger partial charge is 0.142 e. The molecule has 1 aliphatic heterocycles. The third kappa shape index (κ3) is 1.20. The van der Waals surface area contributed by atoms with Crippen LogP contribution in [0.25, 0.3) is 0 Å². The van der Waals surface area contributed by atoms with Crippen molar-refractivity contribution < 1.29 is 4.79 Å². The van der Waals surface area contributed by atoms with Crippen LogP contribution in [-0.4, -0.2) is 23.8 Å². The summed E-state index contributed by atoms with van der Waals surface area (Å²) in [4.78, 5) is 12.5. The van der Waals surface area contributed by atoms with Gasteiger partial charge < -0.3 is 9.69 Å². The molecule has 0 N–H and O–H groups in total. The van der Waals surface area contributed by atoms with Crippen LogP contribution in [0.5, 0.6) is 0 Å². The molecule has 1 fully saturated rings. The molecule has 0 radical (unpaired) electrons. The molecule has 1 aliphatic rings. The zero-order valence-corrected chi connectivity index (χ0v) is 6.34. The van der Waals surface area contributed by atoms with Crippen molar-refractivity contribution in [1.29, 1.82) is 0 Å². The molecule has 0 amide bonds. The second-order valence-corrected chi connectivity index (χ2v) is 2.77. The van der Waals surface area contributed by atoms with Crippen molar-refractivity contribution in [2.24, 2.45) is 0 Å². The normalized spacial score (nSPS) is 24.9. The van der Waals surface area contributed by atoms with Gasteiger partial charge in [0.2, 0.25) is 0 Å². The first-order chi connectivity index (χ1) is 4.75. The molecule has 56 valence electrons. The largest absolute Gasteiger partial charge is 0.366 e. The Morgan fingerprint density at radius 3 is 2.90 bits per heavy atom. The highest BCUT2D eigenvalue weighted by Gasteiger charge is 2.22. The van der Waals surface area contributed by atoms with Crippen molar-refractivity contribution in [3.63, 3.8) is 0 Å². The molecule has 0 bridgehead atoms. The number of hydrogen-bond acceptors (Lipinski definition) is 2. The number of hydrogen-bond donors (Lipinski definition) is 0. The van der Waals surface area contributed by atoms with Gasteiger partial charge in [0.05, 0.1) is 6.04 Å². The third-order valence-electron chi connectivity index (χ3n) is 1.95. The summed E-state index contributed by atoms with van der Waals surface area (Å²) < 4.78 is 0. The molecule has 0 aromatic carbocycles. The predicted molar refractivity (Wildman–Crippen MR) is 40.6 cm³/mol. The van der Waals surface area contributed by atoms with E-state index in [0.717, 1.165) is 31.4 Å². The lowest BCUT2D eigenvalue weighted by atomic mass is 10.2. The first kappa shape index (κ1) is 7.32. The van der Waals surface area contributed by atoms with Crippen molar-refractivity contribution in [3.05, 3.63) is 12.3 Å². The number of aldehydes is 1. The topological polar surface area (TPSA) is 20.3 Å². The fourth-order valence-electron chi connectivity index (χ4n) is 1.41. The van der Waals surface area contributed by atoms with Crippen LogP contribution in [0.1, 0.15) is 19.8 Å². The number of carbonyl (C=O) groups is 1. The SMILES string of the molecule is C=C(C)N1CCC[C@H]1C=O. The van der Waals surface area contributed by atoms with E-state index in [0.29, 0.717) is 0 Å². The maximum absolute atomic E-state index is 10.4. The predicted octanol–water partition coefficient (Wildman–Crippen LogP) is 1.18. The van der Waals surface area contributed by atoms with Gasteiger partial charge in [-0.3, -0.25) is 0 Å². The highest BCUT2D eigenvalue weighted by molar-refractivity contribution is 5.58. The molecule has 0 spiro atoms. The molecule has 0 unspecified atom stereocenters. The second kappa shape index (κ2) is 2.86. The standard InChI is InChI=1S/C8H13NO/c1-7(2)9-5-3-4-8(9)6-10/h6,8H,1,3-5H2,2H3/t8-/m0/s1. The summed E-state index contributed by atoms with van der Waals surface area (Å²) in [7, 11) is 0.